The zero-order chi connectivity index (χ0) is 8.97. The first kappa shape index (κ1) is 9.05. The minimum Gasteiger partial charge on any atom is -0.271 e. The number of nitrogens with one attached hydrogen (secondary N) is 1. The number of aryl methyl sites for hydroxylation is 1. The molecule has 1 N–H and O–H groups in total. The Morgan fingerprint density at radius 2 is 2.42 bits per heavy atom. The molecule has 0 radical (unpaired) electrons. The van der Waals surface area contributed by atoms with E-state index in [1.165, 1.54) is 4.68 Å². The second-order valence-corrected chi connectivity index (χ2v) is 3.14. The number of aromatic nitrogens is 3. The van der Waals surface area contributed by atoms with Crippen molar-refractivity contribution in [1.29, 1.82) is 0 Å². The molecule has 0 aliphatic rings. The average Bonchev–Trinajstić information content (AvgIpc) is 2.03. The fourth-order valence-electron chi connectivity index (χ4n) is 0.714. The van der Waals surface area contributed by atoms with E-state index < -0.39 is 11.2 Å². The van der Waals surface area contributed by atoms with Gasteiger partial charge in [-0.3, -0.25) is 9.78 Å². The third kappa shape index (κ3) is 2.23. The maximum absolute atomic E-state index is 11.0. The van der Waals surface area contributed by atoms with Crippen LogP contribution < -0.4 is 11.2 Å². The normalized spacial score (nSPS) is 10.1. The monoisotopic (exact) mass is 187 g/mol. The molecule has 0 saturated heterocycles. The number of nitrogens with zero attached hydrogens (tertiary/aromatic N) is 2. The van der Waals surface area contributed by atoms with Gasteiger partial charge >= 0.3 is 5.69 Å². The highest BCUT2D eigenvalue weighted by Gasteiger charge is 1.95. The van der Waals surface area contributed by atoms with Gasteiger partial charge in [0, 0.05) is 5.75 Å². The van der Waals surface area contributed by atoms with E-state index >= 15 is 0 Å². The second-order valence-electron chi connectivity index (χ2n) is 2.15. The summed E-state index contributed by atoms with van der Waals surface area (Å²) < 4.78 is 1.23. The van der Waals surface area contributed by atoms with E-state index in [9.17, 15) is 9.59 Å². The van der Waals surface area contributed by atoms with Crippen molar-refractivity contribution in [2.24, 2.45) is 0 Å². The molecule has 0 aliphatic heterocycles. The molecule has 0 bridgehead atoms. The highest BCUT2D eigenvalue weighted by atomic mass is 32.2. The Labute approximate surface area is 72.8 Å². The second kappa shape index (κ2) is 4.10. The van der Waals surface area contributed by atoms with Crippen LogP contribution in [-0.2, 0) is 6.54 Å². The van der Waals surface area contributed by atoms with E-state index in [1.807, 2.05) is 6.26 Å². The van der Waals surface area contributed by atoms with Crippen molar-refractivity contribution >= 4 is 11.8 Å². The summed E-state index contributed by atoms with van der Waals surface area (Å²) in [5.74, 6) is 0.805. The molecular formula is C6H9N3O2S. The van der Waals surface area contributed by atoms with Crippen LogP contribution in [-0.4, -0.2) is 26.8 Å². The maximum Gasteiger partial charge on any atom is 0.344 e. The fraction of sp³-hybridized carbons (Fsp3) is 0.500. The summed E-state index contributed by atoms with van der Waals surface area (Å²) in [6.07, 6.45) is 3.04. The van der Waals surface area contributed by atoms with Gasteiger partial charge < -0.3 is 0 Å². The lowest BCUT2D eigenvalue weighted by atomic mass is 10.7. The lowest BCUT2D eigenvalue weighted by molar-refractivity contribution is 0.592. The van der Waals surface area contributed by atoms with Gasteiger partial charge in [0.1, 0.15) is 6.20 Å². The van der Waals surface area contributed by atoms with Crippen molar-refractivity contribution < 1.29 is 0 Å². The largest absolute Gasteiger partial charge is 0.344 e. The van der Waals surface area contributed by atoms with E-state index in [4.69, 9.17) is 0 Å². The highest BCUT2D eigenvalue weighted by molar-refractivity contribution is 7.98. The van der Waals surface area contributed by atoms with Gasteiger partial charge in [0.05, 0.1) is 6.54 Å². The van der Waals surface area contributed by atoms with Crippen LogP contribution in [0, 0.1) is 0 Å². The molecule has 0 spiro atoms. The van der Waals surface area contributed by atoms with Crippen molar-refractivity contribution in [3.63, 3.8) is 0 Å². The first-order valence-electron chi connectivity index (χ1n) is 3.39. The number of hydrogen-bond donors (Lipinski definition) is 1. The Morgan fingerprint density at radius 1 is 1.67 bits per heavy atom. The Bertz CT molecular complexity index is 356. The van der Waals surface area contributed by atoms with Crippen molar-refractivity contribution in [2.75, 3.05) is 12.0 Å². The number of rotatable bonds is 3. The topological polar surface area (TPSA) is 67.8 Å². The van der Waals surface area contributed by atoms with E-state index in [-0.39, 0.29) is 0 Å². The maximum atomic E-state index is 11.0. The van der Waals surface area contributed by atoms with Gasteiger partial charge in [-0.05, 0) is 6.26 Å². The van der Waals surface area contributed by atoms with Crippen LogP contribution >= 0.6 is 11.8 Å². The smallest absolute Gasteiger partial charge is 0.271 e. The highest BCUT2D eigenvalue weighted by Crippen LogP contribution is 1.89. The van der Waals surface area contributed by atoms with Crippen molar-refractivity contribution in [1.82, 2.24) is 14.8 Å². The van der Waals surface area contributed by atoms with Crippen LogP contribution in [0.5, 0.6) is 0 Å². The molecule has 1 aromatic rings. The zero-order valence-corrected chi connectivity index (χ0v) is 7.43. The molecule has 1 aromatic heterocycles. The van der Waals surface area contributed by atoms with Crippen LogP contribution in [0.25, 0.3) is 0 Å². The molecular weight excluding hydrogens is 178 g/mol. The quantitative estimate of drug-likeness (QED) is 0.679. The van der Waals surface area contributed by atoms with Crippen LogP contribution in [0.3, 0.4) is 0 Å². The van der Waals surface area contributed by atoms with Crippen molar-refractivity contribution in [3.05, 3.63) is 27.0 Å². The zero-order valence-electron chi connectivity index (χ0n) is 6.61. The summed E-state index contributed by atoms with van der Waals surface area (Å²) in [6, 6.07) is 0. The van der Waals surface area contributed by atoms with E-state index in [1.54, 1.807) is 11.8 Å². The van der Waals surface area contributed by atoms with E-state index in [0.29, 0.717) is 6.54 Å². The van der Waals surface area contributed by atoms with E-state index in [2.05, 4.69) is 10.1 Å². The minimum atomic E-state index is -0.458. The summed E-state index contributed by atoms with van der Waals surface area (Å²) in [5.41, 5.74) is -0.906. The van der Waals surface area contributed by atoms with Gasteiger partial charge in [-0.15, -0.1) is 0 Å². The molecule has 0 fully saturated rings. The van der Waals surface area contributed by atoms with Crippen molar-refractivity contribution in [3.8, 4) is 0 Å². The predicted octanol–water partition coefficient (Wildman–Crippen LogP) is -0.705. The molecule has 1 rings (SSSR count). The molecule has 1 heterocycles. The number of H-pyrrole nitrogens is 1. The Balaban J connectivity index is 2.87. The van der Waals surface area contributed by atoms with Crippen LogP contribution in [0.1, 0.15) is 0 Å². The first-order chi connectivity index (χ1) is 5.74. The number of thioether (sulfide) groups is 1. The molecule has 0 aromatic carbocycles. The predicted molar refractivity (Wildman–Crippen MR) is 47.5 cm³/mol. The summed E-state index contributed by atoms with van der Waals surface area (Å²) in [6.45, 7) is 0.525. The summed E-state index contributed by atoms with van der Waals surface area (Å²) in [4.78, 5) is 23.7. The summed E-state index contributed by atoms with van der Waals surface area (Å²) in [5, 5.41) is 3.66. The molecule has 0 unspecified atom stereocenters. The number of aromatic amines is 1. The number of hydrogen-bond acceptors (Lipinski definition) is 4. The third-order valence-electron chi connectivity index (χ3n) is 1.29. The molecule has 66 valence electrons. The standard InChI is InChI=1S/C6H9N3O2S/c1-12-3-2-9-6(11)8-5(10)4-7-9/h4H,2-3H2,1H3,(H,8,10,11). The third-order valence-corrected chi connectivity index (χ3v) is 1.88. The molecule has 0 saturated carbocycles. The first-order valence-corrected chi connectivity index (χ1v) is 4.79. The average molecular weight is 187 g/mol. The lowest BCUT2D eigenvalue weighted by Crippen LogP contribution is -2.31. The summed E-state index contributed by atoms with van der Waals surface area (Å²) in [7, 11) is 0. The fourth-order valence-corrected chi connectivity index (χ4v) is 1.07. The Hall–Kier alpha value is -1.04. The Kier molecular flexibility index (Phi) is 3.09. The Morgan fingerprint density at radius 3 is 3.00 bits per heavy atom. The van der Waals surface area contributed by atoms with Gasteiger partial charge in [-0.2, -0.15) is 16.9 Å². The van der Waals surface area contributed by atoms with Gasteiger partial charge in [-0.1, -0.05) is 0 Å². The molecule has 0 amide bonds. The van der Waals surface area contributed by atoms with Crippen LogP contribution in [0.2, 0.25) is 0 Å². The van der Waals surface area contributed by atoms with Gasteiger partial charge in [-0.25, -0.2) is 9.48 Å². The van der Waals surface area contributed by atoms with Crippen LogP contribution in [0.15, 0.2) is 15.8 Å². The summed E-state index contributed by atoms with van der Waals surface area (Å²) >= 11 is 1.62. The van der Waals surface area contributed by atoms with Crippen LogP contribution in [0.4, 0.5) is 0 Å². The molecule has 6 heteroatoms. The van der Waals surface area contributed by atoms with E-state index in [0.717, 1.165) is 11.9 Å². The van der Waals surface area contributed by atoms with Gasteiger partial charge in [0.2, 0.25) is 0 Å². The molecule has 0 atom stereocenters. The van der Waals surface area contributed by atoms with Gasteiger partial charge in [0.15, 0.2) is 0 Å². The molecule has 0 aliphatic carbocycles. The van der Waals surface area contributed by atoms with Gasteiger partial charge in [0.25, 0.3) is 5.56 Å². The molecule has 12 heavy (non-hydrogen) atoms. The minimum absolute atomic E-state index is 0.448. The molecule has 5 nitrogen and oxygen atoms in total. The lowest BCUT2D eigenvalue weighted by Gasteiger charge is -1.99. The van der Waals surface area contributed by atoms with Crippen molar-refractivity contribution in [2.45, 2.75) is 6.54 Å². The SMILES string of the molecule is CSCCn1ncc(=O)[nH]c1=O.